The van der Waals surface area contributed by atoms with E-state index < -0.39 is 29.0 Å². The Kier molecular flexibility index (Phi) is 3.62. The normalized spacial score (nSPS) is 21.6. The van der Waals surface area contributed by atoms with E-state index in [2.05, 4.69) is 0 Å². The Bertz CT molecular complexity index is 362. The average Bonchev–Trinajstić information content (AvgIpc) is 2.12. The lowest BCUT2D eigenvalue weighted by atomic mass is 9.68. The number of nitrogens with one attached hydrogen (secondary N) is 1. The van der Waals surface area contributed by atoms with Crippen molar-refractivity contribution in [3.8, 4) is 0 Å². The first kappa shape index (κ1) is 14.7. The minimum absolute atomic E-state index is 0.329. The van der Waals surface area contributed by atoms with Gasteiger partial charge in [0.15, 0.2) is 5.54 Å². The number of hydrogen-bond acceptors (Lipinski definition) is 3. The molecule has 0 aromatic rings. The molecule has 1 saturated carbocycles. The Morgan fingerprint density at radius 2 is 1.89 bits per heavy atom. The number of carbonyl (C=O) groups is 2. The number of carboxylic acids is 1. The quantitative estimate of drug-likeness (QED) is 0.697. The van der Waals surface area contributed by atoms with Gasteiger partial charge in [-0.25, -0.2) is 0 Å². The maximum Gasteiger partial charge on any atom is 0.415 e. The van der Waals surface area contributed by atoms with E-state index in [1.54, 1.807) is 0 Å². The van der Waals surface area contributed by atoms with E-state index in [9.17, 15) is 22.8 Å². The molecule has 0 spiro atoms. The summed E-state index contributed by atoms with van der Waals surface area (Å²) >= 11 is 0. The van der Waals surface area contributed by atoms with E-state index in [0.717, 1.165) is 0 Å². The van der Waals surface area contributed by atoms with Gasteiger partial charge < -0.3 is 16.2 Å². The van der Waals surface area contributed by atoms with Gasteiger partial charge in [0.25, 0.3) is 0 Å². The number of amides is 1. The summed E-state index contributed by atoms with van der Waals surface area (Å²) in [5.74, 6) is -2.53. The Labute approximate surface area is 102 Å². The van der Waals surface area contributed by atoms with Crippen molar-refractivity contribution in [3.05, 3.63) is 0 Å². The molecule has 0 aliphatic heterocycles. The van der Waals surface area contributed by atoms with E-state index in [0.29, 0.717) is 26.2 Å². The Balaban J connectivity index is 2.64. The van der Waals surface area contributed by atoms with E-state index in [1.165, 1.54) is 0 Å². The second kappa shape index (κ2) is 4.42. The molecular weight excluding hydrogens is 253 g/mol. The third-order valence-corrected chi connectivity index (χ3v) is 3.41. The summed E-state index contributed by atoms with van der Waals surface area (Å²) in [6, 6.07) is 0. The molecule has 1 aliphatic rings. The zero-order valence-electron chi connectivity index (χ0n) is 9.80. The van der Waals surface area contributed by atoms with Crippen molar-refractivity contribution >= 4 is 11.9 Å². The van der Waals surface area contributed by atoms with Crippen LogP contribution in [0, 0.1) is 5.41 Å². The number of aliphatic carboxylic acids is 1. The van der Waals surface area contributed by atoms with Crippen LogP contribution < -0.4 is 11.1 Å². The highest BCUT2D eigenvalue weighted by Crippen LogP contribution is 2.40. The maximum absolute atomic E-state index is 12.5. The number of carbonyl (C=O) groups excluding carboxylic acids is 1. The highest BCUT2D eigenvalue weighted by atomic mass is 19.4. The largest absolute Gasteiger partial charge is 0.481 e. The summed E-state index contributed by atoms with van der Waals surface area (Å²) in [5, 5.41) is 10.9. The van der Waals surface area contributed by atoms with Gasteiger partial charge in [-0.05, 0) is 19.8 Å². The number of carboxylic acid groups (broad SMARTS) is 1. The van der Waals surface area contributed by atoms with Crippen molar-refractivity contribution in [1.82, 2.24) is 5.32 Å². The molecule has 1 amide bonds. The molecule has 0 heterocycles. The molecule has 0 bridgehead atoms. The molecule has 4 N–H and O–H groups in total. The molecule has 5 nitrogen and oxygen atoms in total. The van der Waals surface area contributed by atoms with Crippen LogP contribution in [0.25, 0.3) is 0 Å². The van der Waals surface area contributed by atoms with Crippen LogP contribution in [0.1, 0.15) is 26.2 Å². The van der Waals surface area contributed by atoms with Crippen molar-refractivity contribution in [3.63, 3.8) is 0 Å². The van der Waals surface area contributed by atoms with Crippen LogP contribution in [-0.2, 0) is 9.59 Å². The van der Waals surface area contributed by atoms with Crippen LogP contribution in [0.3, 0.4) is 0 Å². The molecule has 1 unspecified atom stereocenters. The zero-order chi connectivity index (χ0) is 14.2. The first-order chi connectivity index (χ1) is 8.03. The van der Waals surface area contributed by atoms with Gasteiger partial charge in [-0.2, -0.15) is 13.2 Å². The summed E-state index contributed by atoms with van der Waals surface area (Å²) in [6.07, 6.45) is -3.51. The first-order valence-corrected chi connectivity index (χ1v) is 5.40. The molecule has 1 rings (SSSR count). The molecule has 18 heavy (non-hydrogen) atoms. The van der Waals surface area contributed by atoms with Crippen molar-refractivity contribution < 1.29 is 27.9 Å². The van der Waals surface area contributed by atoms with Gasteiger partial charge >= 0.3 is 12.1 Å². The highest BCUT2D eigenvalue weighted by molar-refractivity contribution is 5.87. The van der Waals surface area contributed by atoms with E-state index in [1.807, 2.05) is 5.32 Å². The van der Waals surface area contributed by atoms with Crippen LogP contribution in [0.15, 0.2) is 0 Å². The lowest BCUT2D eigenvalue weighted by molar-refractivity contribution is -0.187. The van der Waals surface area contributed by atoms with Gasteiger partial charge in [-0.15, -0.1) is 0 Å². The monoisotopic (exact) mass is 268 g/mol. The maximum atomic E-state index is 12.5. The van der Waals surface area contributed by atoms with Crippen molar-refractivity contribution in [2.24, 2.45) is 11.1 Å². The summed E-state index contributed by atoms with van der Waals surface area (Å²) in [7, 11) is 0. The summed E-state index contributed by atoms with van der Waals surface area (Å²) < 4.78 is 37.4. The van der Waals surface area contributed by atoms with Crippen molar-refractivity contribution in [2.75, 3.05) is 6.54 Å². The summed E-state index contributed by atoms with van der Waals surface area (Å²) in [5.41, 5.74) is 0.759. The molecule has 104 valence electrons. The third-order valence-electron chi connectivity index (χ3n) is 3.41. The summed E-state index contributed by atoms with van der Waals surface area (Å²) in [6.45, 7) is 0.223. The second-order valence-corrected chi connectivity index (χ2v) is 4.82. The zero-order valence-corrected chi connectivity index (χ0v) is 9.80. The Morgan fingerprint density at radius 1 is 1.39 bits per heavy atom. The van der Waals surface area contributed by atoms with Gasteiger partial charge in [-0.3, -0.25) is 9.59 Å². The van der Waals surface area contributed by atoms with Crippen molar-refractivity contribution in [1.29, 1.82) is 0 Å². The number of rotatable bonds is 4. The van der Waals surface area contributed by atoms with Crippen LogP contribution >= 0.6 is 0 Å². The van der Waals surface area contributed by atoms with Gasteiger partial charge in [0, 0.05) is 6.54 Å². The lowest BCUT2D eigenvalue weighted by Gasteiger charge is -2.38. The molecule has 0 saturated heterocycles. The predicted octanol–water partition coefficient (Wildman–Crippen LogP) is 0.637. The predicted molar refractivity (Wildman–Crippen MR) is 55.6 cm³/mol. The molecule has 0 aromatic carbocycles. The average molecular weight is 268 g/mol. The van der Waals surface area contributed by atoms with E-state index in [4.69, 9.17) is 10.8 Å². The minimum atomic E-state index is -4.88. The van der Waals surface area contributed by atoms with Crippen LogP contribution in [0.4, 0.5) is 13.2 Å². The Hall–Kier alpha value is -1.31. The van der Waals surface area contributed by atoms with E-state index in [-0.39, 0.29) is 6.54 Å². The number of hydrogen-bond donors (Lipinski definition) is 3. The summed E-state index contributed by atoms with van der Waals surface area (Å²) in [4.78, 5) is 22.3. The van der Waals surface area contributed by atoms with Crippen LogP contribution in [0.2, 0.25) is 0 Å². The number of halogens is 3. The van der Waals surface area contributed by atoms with Gasteiger partial charge in [0.1, 0.15) is 0 Å². The fourth-order valence-corrected chi connectivity index (χ4v) is 1.63. The first-order valence-electron chi connectivity index (χ1n) is 5.40. The van der Waals surface area contributed by atoms with Gasteiger partial charge in [0.05, 0.1) is 5.41 Å². The number of alkyl halides is 3. The lowest BCUT2D eigenvalue weighted by Crippen LogP contribution is -2.63. The Morgan fingerprint density at radius 3 is 2.17 bits per heavy atom. The molecule has 1 fully saturated rings. The minimum Gasteiger partial charge on any atom is -0.481 e. The molecule has 8 heteroatoms. The van der Waals surface area contributed by atoms with Crippen LogP contribution in [-0.4, -0.2) is 35.2 Å². The molecule has 1 atom stereocenters. The smallest absolute Gasteiger partial charge is 0.415 e. The van der Waals surface area contributed by atoms with Gasteiger partial charge in [0.2, 0.25) is 5.91 Å². The molecule has 0 radical (unpaired) electrons. The fourth-order valence-electron chi connectivity index (χ4n) is 1.63. The third kappa shape index (κ3) is 2.43. The standard InChI is InChI=1S/C10H15F3N2O3/c1-8(14,10(11,12)13)6(16)15-5-9(7(17)18)3-2-4-9/h2-5,14H2,1H3,(H,15,16)(H,17,18). The van der Waals surface area contributed by atoms with Crippen molar-refractivity contribution in [2.45, 2.75) is 37.9 Å². The molecule has 0 aromatic heterocycles. The highest BCUT2D eigenvalue weighted by Gasteiger charge is 2.54. The van der Waals surface area contributed by atoms with Crippen LogP contribution in [0.5, 0.6) is 0 Å². The van der Waals surface area contributed by atoms with E-state index >= 15 is 0 Å². The molecule has 1 aliphatic carbocycles. The number of nitrogens with two attached hydrogens (primary N) is 1. The molecular formula is C10H15F3N2O3. The topological polar surface area (TPSA) is 92.4 Å². The SMILES string of the molecule is CC(N)(C(=O)NCC1(C(=O)O)CCC1)C(F)(F)F. The van der Waals surface area contributed by atoms with Gasteiger partial charge in [-0.1, -0.05) is 6.42 Å². The second-order valence-electron chi connectivity index (χ2n) is 4.82. The fraction of sp³-hybridized carbons (Fsp3) is 0.800.